The Morgan fingerprint density at radius 3 is 2.83 bits per heavy atom. The summed E-state index contributed by atoms with van der Waals surface area (Å²) in [5, 5.41) is 20.4. The third-order valence-corrected chi connectivity index (χ3v) is 2.29. The number of carboxylic acid groups (broad SMARTS) is 1. The highest BCUT2D eigenvalue weighted by molar-refractivity contribution is 5.64. The Hall–Kier alpha value is -0.810. The first-order valence-electron chi connectivity index (χ1n) is 3.98. The largest absolute Gasteiger partial charge is 0.465 e. The first-order valence-corrected chi connectivity index (χ1v) is 3.98. The van der Waals surface area contributed by atoms with Gasteiger partial charge in [-0.15, -0.1) is 0 Å². The van der Waals surface area contributed by atoms with Gasteiger partial charge in [-0.2, -0.15) is 0 Å². The van der Waals surface area contributed by atoms with Crippen LogP contribution in [-0.4, -0.2) is 34.5 Å². The summed E-state index contributed by atoms with van der Waals surface area (Å²) < 4.78 is 0. The third-order valence-electron chi connectivity index (χ3n) is 2.29. The first kappa shape index (κ1) is 9.28. The van der Waals surface area contributed by atoms with Crippen LogP contribution in [0.5, 0.6) is 0 Å². The van der Waals surface area contributed by atoms with Crippen molar-refractivity contribution < 1.29 is 15.0 Å². The van der Waals surface area contributed by atoms with Crippen LogP contribution in [0.3, 0.4) is 0 Å². The lowest BCUT2D eigenvalue weighted by molar-refractivity contribution is 0.0545. The molecule has 0 bridgehead atoms. The summed E-state index contributed by atoms with van der Waals surface area (Å²) in [6.07, 6.45) is 0.630. The quantitative estimate of drug-likeness (QED) is 0.453. The predicted molar refractivity (Wildman–Crippen MR) is 42.8 cm³/mol. The molecule has 0 aromatic heterocycles. The Morgan fingerprint density at radius 2 is 2.42 bits per heavy atom. The topological polar surface area (TPSA) is 95.6 Å². The van der Waals surface area contributed by atoms with Gasteiger partial charge in [-0.05, 0) is 19.3 Å². The normalized spacial score (nSPS) is 35.0. The molecule has 0 heterocycles. The van der Waals surface area contributed by atoms with E-state index in [0.717, 1.165) is 0 Å². The lowest BCUT2D eigenvalue weighted by Gasteiger charge is -2.19. The molecule has 1 saturated carbocycles. The van der Waals surface area contributed by atoms with E-state index in [9.17, 15) is 9.90 Å². The second-order valence-electron chi connectivity index (χ2n) is 3.32. The summed E-state index contributed by atoms with van der Waals surface area (Å²) in [5.74, 6) is 0. The second-order valence-corrected chi connectivity index (χ2v) is 3.32. The Balaban J connectivity index is 2.40. The maximum absolute atomic E-state index is 10.2. The summed E-state index contributed by atoms with van der Waals surface area (Å²) >= 11 is 0. The number of rotatable bonds is 2. The van der Waals surface area contributed by atoms with Gasteiger partial charge >= 0.3 is 6.09 Å². The lowest BCUT2D eigenvalue weighted by Crippen LogP contribution is -2.38. The summed E-state index contributed by atoms with van der Waals surface area (Å²) in [7, 11) is 0. The Bertz CT molecular complexity index is 185. The summed E-state index contributed by atoms with van der Waals surface area (Å²) in [5.41, 5.74) is 4.48. The molecular formula is C7H14N2O3. The molecule has 1 aliphatic carbocycles. The molecule has 1 fully saturated rings. The highest BCUT2D eigenvalue weighted by Gasteiger charge is 2.36. The molecule has 0 aliphatic heterocycles. The number of hydrogen-bond donors (Lipinski definition) is 4. The van der Waals surface area contributed by atoms with Gasteiger partial charge in [0.05, 0.1) is 5.60 Å². The summed E-state index contributed by atoms with van der Waals surface area (Å²) in [4.78, 5) is 10.2. The molecule has 5 heteroatoms. The van der Waals surface area contributed by atoms with Gasteiger partial charge in [-0.3, -0.25) is 0 Å². The van der Waals surface area contributed by atoms with Crippen LogP contribution in [0, 0.1) is 0 Å². The number of nitrogens with one attached hydrogen (secondary N) is 1. The van der Waals surface area contributed by atoms with Crippen LogP contribution in [0.25, 0.3) is 0 Å². The van der Waals surface area contributed by atoms with Crippen molar-refractivity contribution in [1.29, 1.82) is 0 Å². The second kappa shape index (κ2) is 3.28. The molecule has 2 atom stereocenters. The number of carbonyl (C=O) groups is 1. The van der Waals surface area contributed by atoms with Crippen molar-refractivity contribution in [1.82, 2.24) is 5.32 Å². The number of amides is 1. The molecular weight excluding hydrogens is 160 g/mol. The van der Waals surface area contributed by atoms with Crippen LogP contribution in [0.2, 0.25) is 0 Å². The van der Waals surface area contributed by atoms with Crippen LogP contribution in [0.4, 0.5) is 4.79 Å². The van der Waals surface area contributed by atoms with E-state index in [1.807, 2.05) is 0 Å². The number of nitrogens with two attached hydrogens (primary N) is 1. The zero-order valence-corrected chi connectivity index (χ0v) is 6.79. The third kappa shape index (κ3) is 2.09. The highest BCUT2D eigenvalue weighted by atomic mass is 16.4. The molecule has 0 spiro atoms. The highest BCUT2D eigenvalue weighted by Crippen LogP contribution is 2.28. The van der Waals surface area contributed by atoms with Crippen molar-refractivity contribution >= 4 is 6.09 Å². The maximum atomic E-state index is 10.2. The minimum absolute atomic E-state index is 0.143. The molecule has 0 radical (unpaired) electrons. The van der Waals surface area contributed by atoms with Gasteiger partial charge in [0.2, 0.25) is 0 Å². The van der Waals surface area contributed by atoms with Crippen LogP contribution < -0.4 is 11.1 Å². The molecule has 0 aromatic carbocycles. The standard InChI is InChI=1S/C7H14N2O3/c8-4-7(12)2-1-5(3-7)9-6(10)11/h5,9,12H,1-4,8H2,(H,10,11)/t5-,7?/m0/s1. The molecule has 0 aromatic rings. The molecule has 1 aliphatic rings. The average Bonchev–Trinajstić information content (AvgIpc) is 2.32. The van der Waals surface area contributed by atoms with E-state index in [4.69, 9.17) is 10.8 Å². The maximum Gasteiger partial charge on any atom is 0.404 e. The van der Waals surface area contributed by atoms with Gasteiger partial charge < -0.3 is 21.3 Å². The van der Waals surface area contributed by atoms with Gasteiger partial charge in [0.25, 0.3) is 0 Å². The fourth-order valence-electron chi connectivity index (χ4n) is 1.59. The van der Waals surface area contributed by atoms with Crippen molar-refractivity contribution in [3.63, 3.8) is 0 Å². The van der Waals surface area contributed by atoms with Crippen molar-refractivity contribution in [3.8, 4) is 0 Å². The smallest absolute Gasteiger partial charge is 0.404 e. The number of aliphatic hydroxyl groups is 1. The monoisotopic (exact) mass is 174 g/mol. The molecule has 1 amide bonds. The SMILES string of the molecule is NCC1(O)CC[C@H](NC(=O)O)C1. The van der Waals surface area contributed by atoms with Crippen LogP contribution in [0.15, 0.2) is 0 Å². The van der Waals surface area contributed by atoms with Gasteiger partial charge in [0.15, 0.2) is 0 Å². The molecule has 5 N–H and O–H groups in total. The number of hydrogen-bond acceptors (Lipinski definition) is 3. The average molecular weight is 174 g/mol. The van der Waals surface area contributed by atoms with Crippen molar-refractivity contribution in [2.75, 3.05) is 6.54 Å². The van der Waals surface area contributed by atoms with Crippen LogP contribution in [0.1, 0.15) is 19.3 Å². The van der Waals surface area contributed by atoms with E-state index in [0.29, 0.717) is 19.3 Å². The van der Waals surface area contributed by atoms with E-state index in [2.05, 4.69) is 5.32 Å². The Kier molecular flexibility index (Phi) is 2.54. The van der Waals surface area contributed by atoms with Crippen LogP contribution in [-0.2, 0) is 0 Å². The lowest BCUT2D eigenvalue weighted by atomic mass is 10.0. The van der Waals surface area contributed by atoms with E-state index in [1.54, 1.807) is 0 Å². The fourth-order valence-corrected chi connectivity index (χ4v) is 1.59. The van der Waals surface area contributed by atoms with Gasteiger partial charge in [0, 0.05) is 12.6 Å². The summed E-state index contributed by atoms with van der Waals surface area (Å²) in [6, 6.07) is -0.143. The van der Waals surface area contributed by atoms with Gasteiger partial charge in [-0.25, -0.2) is 4.79 Å². The zero-order valence-electron chi connectivity index (χ0n) is 6.79. The van der Waals surface area contributed by atoms with Crippen molar-refractivity contribution in [3.05, 3.63) is 0 Å². The predicted octanol–water partition coefficient (Wildman–Crippen LogP) is -0.504. The van der Waals surface area contributed by atoms with E-state index < -0.39 is 11.7 Å². The Morgan fingerprint density at radius 1 is 1.75 bits per heavy atom. The van der Waals surface area contributed by atoms with Crippen molar-refractivity contribution in [2.45, 2.75) is 30.9 Å². The molecule has 1 rings (SSSR count). The van der Waals surface area contributed by atoms with Crippen molar-refractivity contribution in [2.24, 2.45) is 5.73 Å². The van der Waals surface area contributed by atoms with Gasteiger partial charge in [0.1, 0.15) is 0 Å². The fraction of sp³-hybridized carbons (Fsp3) is 0.857. The minimum atomic E-state index is -1.04. The molecule has 0 saturated heterocycles. The molecule has 5 nitrogen and oxygen atoms in total. The van der Waals surface area contributed by atoms with E-state index in [-0.39, 0.29) is 12.6 Å². The van der Waals surface area contributed by atoms with E-state index in [1.165, 1.54) is 0 Å². The molecule has 1 unspecified atom stereocenters. The first-order chi connectivity index (χ1) is 5.56. The minimum Gasteiger partial charge on any atom is -0.465 e. The summed E-state index contributed by atoms with van der Waals surface area (Å²) in [6.45, 7) is 0.199. The molecule has 12 heavy (non-hydrogen) atoms. The van der Waals surface area contributed by atoms with Gasteiger partial charge in [-0.1, -0.05) is 0 Å². The van der Waals surface area contributed by atoms with Crippen LogP contribution >= 0.6 is 0 Å². The Labute approximate surface area is 70.6 Å². The van der Waals surface area contributed by atoms with E-state index >= 15 is 0 Å². The molecule has 70 valence electrons. The zero-order chi connectivity index (χ0) is 9.19.